The maximum Gasteiger partial charge on any atom is 0.102 e. The smallest absolute Gasteiger partial charge is 0.0620 e. The molecular formula is C38H41N2P2Ru+. The van der Waals surface area contributed by atoms with Crippen molar-refractivity contribution in [3.05, 3.63) is 188 Å². The van der Waals surface area contributed by atoms with E-state index in [4.69, 9.17) is 11.5 Å². The minimum Gasteiger partial charge on any atom is -0.0620 e. The second kappa shape index (κ2) is 19.8. The Morgan fingerprint density at radius 2 is 0.488 bits per heavy atom. The summed E-state index contributed by atoms with van der Waals surface area (Å²) in [6.07, 6.45) is 0. The molecule has 220 valence electrons. The van der Waals surface area contributed by atoms with E-state index >= 15 is 0 Å². The number of hydrogen-bond acceptors (Lipinski definition) is 1. The third kappa shape index (κ3) is 10.7. The molecule has 0 aliphatic rings. The van der Waals surface area contributed by atoms with Gasteiger partial charge >= 0.3 is 19.5 Å². The van der Waals surface area contributed by atoms with Crippen LogP contribution in [0.1, 0.15) is 0 Å². The van der Waals surface area contributed by atoms with Gasteiger partial charge in [-0.05, 0) is 79.3 Å². The summed E-state index contributed by atoms with van der Waals surface area (Å²) < 4.78 is 0. The summed E-state index contributed by atoms with van der Waals surface area (Å²) in [6, 6.07) is 65.0. The monoisotopic (exact) mass is 689 g/mol. The van der Waals surface area contributed by atoms with Gasteiger partial charge in [-0.15, -0.1) is 6.54 Å². The summed E-state index contributed by atoms with van der Waals surface area (Å²) in [4.78, 5) is 0. The molecule has 0 heterocycles. The molecule has 6 aromatic carbocycles. The molecule has 0 aliphatic heterocycles. The van der Waals surface area contributed by atoms with Crippen molar-refractivity contribution in [2.45, 2.75) is 0 Å². The number of nitrogens with one attached hydrogen (secondary N) is 1. The van der Waals surface area contributed by atoms with Crippen LogP contribution in [0.2, 0.25) is 0 Å². The largest absolute Gasteiger partial charge is 0.102 e. The van der Waals surface area contributed by atoms with Crippen LogP contribution in [-0.4, -0.2) is 13.1 Å². The number of rotatable bonds is 7. The average molecular weight is 689 g/mol. The van der Waals surface area contributed by atoms with E-state index in [-0.39, 0.29) is 19.5 Å². The van der Waals surface area contributed by atoms with Crippen LogP contribution in [0.3, 0.4) is 0 Å². The third-order valence-electron chi connectivity index (χ3n) is 6.52. The molecule has 3 N–H and O–H groups in total. The summed E-state index contributed by atoms with van der Waals surface area (Å²) in [5, 5.41) is 8.61. The molecule has 0 saturated heterocycles. The molecule has 0 spiro atoms. The Morgan fingerprint density at radius 1 is 0.349 bits per heavy atom. The fourth-order valence-electron chi connectivity index (χ4n) is 4.63. The first-order valence-corrected chi connectivity index (χ1v) is 17.2. The molecule has 0 unspecified atom stereocenters. The van der Waals surface area contributed by atoms with Crippen molar-refractivity contribution >= 4 is 47.7 Å². The van der Waals surface area contributed by atoms with E-state index in [1.165, 1.54) is 31.8 Å². The Morgan fingerprint density at radius 3 is 0.605 bits per heavy atom. The molecule has 0 aromatic heterocycles. The van der Waals surface area contributed by atoms with Crippen LogP contribution in [0.25, 0.3) is 5.73 Å². The van der Waals surface area contributed by atoms with Gasteiger partial charge in [-0.2, -0.15) is 0 Å². The Bertz CT molecular complexity index is 1220. The number of nitrogens with two attached hydrogens (primary N) is 1. The van der Waals surface area contributed by atoms with Crippen LogP contribution in [0.5, 0.6) is 0 Å². The van der Waals surface area contributed by atoms with E-state index in [0.717, 1.165) is 0 Å². The average Bonchev–Trinajstić information content (AvgIpc) is 3.08. The van der Waals surface area contributed by atoms with E-state index in [1.807, 2.05) is 0 Å². The summed E-state index contributed by atoms with van der Waals surface area (Å²) >= 11 is 0. The number of hydrogen-bond donors (Lipinski definition) is 1. The van der Waals surface area contributed by atoms with E-state index in [1.54, 1.807) is 0 Å². The Kier molecular flexibility index (Phi) is 15.8. The SMILES string of the molecule is [NH-]CCN.[RuH2].c1ccc([PH+](c2ccccc2)c2ccccc2)cc1.c1ccc([PH+](c2ccccc2)c2ccccc2)cc1. The standard InChI is InChI=1S/2C18H15P.C2H7N2.Ru.2H/c2*1-4-10-16(11-5-1)19(17-12-6-2-7-13-17)18-14-8-3-9-15-18;3-1-2-4;;;/h2*1-15H;3H,1-2,4H2;;;/q;;-1;;;/p+2. The van der Waals surface area contributed by atoms with E-state index in [0.29, 0.717) is 13.1 Å². The van der Waals surface area contributed by atoms with Crippen LogP contribution in [0.15, 0.2) is 182 Å². The molecule has 0 aliphatic carbocycles. The molecule has 43 heavy (non-hydrogen) atoms. The van der Waals surface area contributed by atoms with Crippen molar-refractivity contribution in [2.75, 3.05) is 13.1 Å². The molecule has 0 fully saturated rings. The fourth-order valence-corrected chi connectivity index (χ4v) is 9.78. The molecule has 0 saturated carbocycles. The van der Waals surface area contributed by atoms with Crippen molar-refractivity contribution in [3.63, 3.8) is 0 Å². The maximum absolute atomic E-state index is 6.33. The van der Waals surface area contributed by atoms with Gasteiger partial charge < -0.3 is 11.5 Å². The van der Waals surface area contributed by atoms with Gasteiger partial charge in [0, 0.05) is 0 Å². The Balaban J connectivity index is 0.000000206. The zero-order valence-corrected chi connectivity index (χ0v) is 28.2. The summed E-state index contributed by atoms with van der Waals surface area (Å²) in [5.74, 6) is 0. The number of benzene rings is 6. The minimum absolute atomic E-state index is 0. The first kappa shape index (κ1) is 34.2. The molecule has 2 nitrogen and oxygen atoms in total. The van der Waals surface area contributed by atoms with Crippen molar-refractivity contribution in [1.29, 1.82) is 0 Å². The molecule has 6 rings (SSSR count). The van der Waals surface area contributed by atoms with E-state index in [2.05, 4.69) is 182 Å². The first-order valence-electron chi connectivity index (χ1n) is 14.2. The van der Waals surface area contributed by atoms with Crippen molar-refractivity contribution < 1.29 is 19.5 Å². The molecule has 0 amide bonds. The minimum atomic E-state index is -0.877. The normalized spacial score (nSPS) is 10.0. The first-order chi connectivity index (χ1) is 20.8. The zero-order chi connectivity index (χ0) is 29.2. The van der Waals surface area contributed by atoms with Gasteiger partial charge in [0.1, 0.15) is 31.8 Å². The van der Waals surface area contributed by atoms with Gasteiger partial charge in [-0.1, -0.05) is 109 Å². The van der Waals surface area contributed by atoms with Gasteiger partial charge in [0.05, 0.1) is 15.8 Å². The second-order valence-electron chi connectivity index (χ2n) is 9.48. The van der Waals surface area contributed by atoms with Gasteiger partial charge in [-0.3, -0.25) is 0 Å². The molecule has 5 heteroatoms. The summed E-state index contributed by atoms with van der Waals surface area (Å²) in [7, 11) is -1.75. The predicted molar refractivity (Wildman–Crippen MR) is 194 cm³/mol. The molecular weight excluding hydrogens is 647 g/mol. The van der Waals surface area contributed by atoms with Crippen molar-refractivity contribution in [2.24, 2.45) is 5.73 Å². The Hall–Kier alpha value is -3.28. The van der Waals surface area contributed by atoms with Crippen LogP contribution >= 0.6 is 15.8 Å². The molecule has 0 bridgehead atoms. The zero-order valence-electron chi connectivity index (χ0n) is 24.2. The van der Waals surface area contributed by atoms with Gasteiger partial charge in [-0.25, -0.2) is 0 Å². The molecule has 0 radical (unpaired) electrons. The van der Waals surface area contributed by atoms with Crippen molar-refractivity contribution in [1.82, 2.24) is 0 Å². The quantitative estimate of drug-likeness (QED) is 0.167. The maximum atomic E-state index is 6.33. The van der Waals surface area contributed by atoms with Crippen LogP contribution < -0.4 is 37.6 Å². The van der Waals surface area contributed by atoms with Crippen molar-refractivity contribution in [3.8, 4) is 0 Å². The van der Waals surface area contributed by atoms with Gasteiger partial charge in [0.2, 0.25) is 0 Å². The second-order valence-corrected chi connectivity index (χ2v) is 14.4. The Labute approximate surface area is 272 Å². The fraction of sp³-hybridized carbons (Fsp3) is 0.0526. The third-order valence-corrected chi connectivity index (χ3v) is 12.0. The molecule has 6 aromatic rings. The van der Waals surface area contributed by atoms with E-state index in [9.17, 15) is 0 Å². The van der Waals surface area contributed by atoms with Crippen LogP contribution in [0.4, 0.5) is 0 Å². The van der Waals surface area contributed by atoms with Gasteiger partial charge in [0.25, 0.3) is 0 Å². The topological polar surface area (TPSA) is 49.8 Å². The van der Waals surface area contributed by atoms with E-state index < -0.39 is 15.8 Å². The molecule has 0 atom stereocenters. The van der Waals surface area contributed by atoms with Crippen LogP contribution in [-0.2, 0) is 19.5 Å². The predicted octanol–water partition coefficient (Wildman–Crippen LogP) is 5.81. The van der Waals surface area contributed by atoms with Gasteiger partial charge in [0.15, 0.2) is 0 Å². The summed E-state index contributed by atoms with van der Waals surface area (Å²) in [5.41, 5.74) is 11.2. The summed E-state index contributed by atoms with van der Waals surface area (Å²) in [6.45, 7) is 0.833. The van der Waals surface area contributed by atoms with Crippen LogP contribution in [0, 0.1) is 0 Å².